The second-order valence-electron chi connectivity index (χ2n) is 7.34. The predicted molar refractivity (Wildman–Crippen MR) is 117 cm³/mol. The van der Waals surface area contributed by atoms with Gasteiger partial charge in [0, 0.05) is 16.9 Å². The highest BCUT2D eigenvalue weighted by molar-refractivity contribution is 6.01. The highest BCUT2D eigenvalue weighted by Crippen LogP contribution is 2.28. The third-order valence-corrected chi connectivity index (χ3v) is 5.24. The molecule has 0 bridgehead atoms. The molecule has 0 heterocycles. The molecule has 0 fully saturated rings. The van der Waals surface area contributed by atoms with Crippen molar-refractivity contribution < 1.29 is 23.9 Å². The number of nitrogens with one attached hydrogen (secondary N) is 2. The van der Waals surface area contributed by atoms with Crippen LogP contribution in [0.2, 0.25) is 0 Å². The largest absolute Gasteiger partial charge is 0.465 e. The van der Waals surface area contributed by atoms with Gasteiger partial charge in [0.15, 0.2) is 5.78 Å². The molecule has 0 aliphatic heterocycles. The molecule has 7 heteroatoms. The summed E-state index contributed by atoms with van der Waals surface area (Å²) in [6, 6.07) is 13.0. The predicted octanol–water partition coefficient (Wildman–Crippen LogP) is 3.84. The van der Waals surface area contributed by atoms with Crippen molar-refractivity contribution in [1.82, 2.24) is 0 Å². The number of ether oxygens (including phenoxy) is 1. The van der Waals surface area contributed by atoms with E-state index in [4.69, 9.17) is 0 Å². The maximum atomic E-state index is 12.9. The van der Waals surface area contributed by atoms with E-state index in [-0.39, 0.29) is 17.6 Å². The Morgan fingerprint density at radius 1 is 0.742 bits per heavy atom. The average Bonchev–Trinajstić information content (AvgIpc) is 2.79. The number of carbonyl (C=O) groups is 4. The van der Waals surface area contributed by atoms with E-state index >= 15 is 0 Å². The third-order valence-electron chi connectivity index (χ3n) is 5.24. The summed E-state index contributed by atoms with van der Waals surface area (Å²) in [7, 11) is 1.30. The van der Waals surface area contributed by atoms with Gasteiger partial charge in [0.25, 0.3) is 0 Å². The number of hydrogen-bond acceptors (Lipinski definition) is 5. The Bertz CT molecular complexity index is 1010. The number of allylic oxidation sites excluding steroid dienone is 2. The summed E-state index contributed by atoms with van der Waals surface area (Å²) in [5, 5.41) is 5.66. The molecule has 2 aromatic rings. The van der Waals surface area contributed by atoms with Gasteiger partial charge in [0.2, 0.25) is 11.8 Å². The molecule has 0 saturated carbocycles. The number of ketones is 1. The zero-order chi connectivity index (χ0) is 22.4. The molecule has 160 valence electrons. The standard InChI is InChI=1S/C24H24N2O5/c1-15(27)16-7-11-18(12-8-16)25-22(28)20-5-3-4-6-21(20)23(29)26-19-13-9-17(10-14-19)24(30)31-2/h3-4,7-14,20-21H,5-6H2,1-2H3,(H,25,28)(H,26,29). The molecular weight excluding hydrogens is 396 g/mol. The Kier molecular flexibility index (Phi) is 6.97. The molecule has 1 aliphatic rings. The van der Waals surface area contributed by atoms with E-state index in [1.807, 2.05) is 12.2 Å². The summed E-state index contributed by atoms with van der Waals surface area (Å²) in [5.41, 5.74) is 2.05. The molecular formula is C24H24N2O5. The SMILES string of the molecule is COC(=O)c1ccc(NC(=O)C2CC=CCC2C(=O)Nc2ccc(C(C)=O)cc2)cc1. The highest BCUT2D eigenvalue weighted by atomic mass is 16.5. The normalized spacial score (nSPS) is 17.5. The fraction of sp³-hybridized carbons (Fsp3) is 0.250. The molecule has 2 amide bonds. The lowest BCUT2D eigenvalue weighted by Crippen LogP contribution is -2.37. The van der Waals surface area contributed by atoms with Crippen molar-refractivity contribution in [2.45, 2.75) is 19.8 Å². The molecule has 0 saturated heterocycles. The summed E-state index contributed by atoms with van der Waals surface area (Å²) in [5.74, 6) is -2.06. The fourth-order valence-corrected chi connectivity index (χ4v) is 3.46. The van der Waals surface area contributed by atoms with Gasteiger partial charge in [-0.15, -0.1) is 0 Å². The molecule has 0 spiro atoms. The van der Waals surface area contributed by atoms with Crippen LogP contribution in [0.4, 0.5) is 11.4 Å². The lowest BCUT2D eigenvalue weighted by atomic mass is 9.81. The maximum absolute atomic E-state index is 12.9. The van der Waals surface area contributed by atoms with Crippen molar-refractivity contribution in [2.24, 2.45) is 11.8 Å². The van der Waals surface area contributed by atoms with Crippen molar-refractivity contribution in [3.63, 3.8) is 0 Å². The monoisotopic (exact) mass is 420 g/mol. The first kappa shape index (κ1) is 22.0. The van der Waals surface area contributed by atoms with Crippen LogP contribution in [-0.4, -0.2) is 30.7 Å². The van der Waals surface area contributed by atoms with Gasteiger partial charge >= 0.3 is 5.97 Å². The van der Waals surface area contributed by atoms with Crippen LogP contribution in [0.1, 0.15) is 40.5 Å². The topological polar surface area (TPSA) is 102 Å². The van der Waals surface area contributed by atoms with Crippen LogP contribution < -0.4 is 10.6 Å². The Morgan fingerprint density at radius 2 is 1.16 bits per heavy atom. The minimum Gasteiger partial charge on any atom is -0.465 e. The molecule has 0 radical (unpaired) electrons. The molecule has 2 atom stereocenters. The zero-order valence-electron chi connectivity index (χ0n) is 17.4. The van der Waals surface area contributed by atoms with Crippen molar-refractivity contribution in [1.29, 1.82) is 0 Å². The van der Waals surface area contributed by atoms with Crippen LogP contribution in [0.15, 0.2) is 60.7 Å². The summed E-state index contributed by atoms with van der Waals surface area (Å²) in [6.07, 6.45) is 4.71. The Morgan fingerprint density at radius 3 is 1.55 bits per heavy atom. The van der Waals surface area contributed by atoms with Gasteiger partial charge in [-0.2, -0.15) is 0 Å². The number of benzene rings is 2. The van der Waals surface area contributed by atoms with Gasteiger partial charge in [0.05, 0.1) is 24.5 Å². The molecule has 31 heavy (non-hydrogen) atoms. The van der Waals surface area contributed by atoms with Gasteiger partial charge in [-0.05, 0) is 68.3 Å². The van der Waals surface area contributed by atoms with E-state index in [0.717, 1.165) is 0 Å². The molecule has 1 aliphatic carbocycles. The van der Waals surface area contributed by atoms with Crippen molar-refractivity contribution in [2.75, 3.05) is 17.7 Å². The number of rotatable bonds is 6. The van der Waals surface area contributed by atoms with Gasteiger partial charge in [-0.1, -0.05) is 12.2 Å². The van der Waals surface area contributed by atoms with Crippen LogP contribution in [-0.2, 0) is 14.3 Å². The molecule has 7 nitrogen and oxygen atoms in total. The van der Waals surface area contributed by atoms with E-state index in [9.17, 15) is 19.2 Å². The van der Waals surface area contributed by atoms with E-state index in [1.54, 1.807) is 48.5 Å². The minimum atomic E-state index is -0.526. The second kappa shape index (κ2) is 9.84. The van der Waals surface area contributed by atoms with Gasteiger partial charge in [-0.25, -0.2) is 4.79 Å². The lowest BCUT2D eigenvalue weighted by molar-refractivity contribution is -0.129. The summed E-state index contributed by atoms with van der Waals surface area (Å²) in [4.78, 5) is 48.7. The van der Waals surface area contributed by atoms with E-state index in [2.05, 4.69) is 15.4 Å². The number of Topliss-reactive ketones (excluding diaryl/α,β-unsaturated/α-hetero) is 1. The first-order valence-electron chi connectivity index (χ1n) is 9.95. The molecule has 3 rings (SSSR count). The average molecular weight is 420 g/mol. The summed E-state index contributed by atoms with van der Waals surface area (Å²) in [6.45, 7) is 1.48. The number of anilines is 2. The van der Waals surface area contributed by atoms with Crippen LogP contribution in [0, 0.1) is 11.8 Å². The number of amides is 2. The number of esters is 1. The first-order valence-corrected chi connectivity index (χ1v) is 9.95. The summed E-state index contributed by atoms with van der Waals surface area (Å²) >= 11 is 0. The van der Waals surface area contributed by atoms with Crippen LogP contribution in [0.25, 0.3) is 0 Å². The first-order chi connectivity index (χ1) is 14.9. The number of carbonyl (C=O) groups excluding carboxylic acids is 4. The quantitative estimate of drug-likeness (QED) is 0.420. The van der Waals surface area contributed by atoms with Crippen molar-refractivity contribution in [3.05, 3.63) is 71.8 Å². The maximum Gasteiger partial charge on any atom is 0.337 e. The molecule has 0 aromatic heterocycles. The Balaban J connectivity index is 1.67. The van der Waals surface area contributed by atoms with Gasteiger partial charge < -0.3 is 15.4 Å². The van der Waals surface area contributed by atoms with Crippen LogP contribution in [0.5, 0.6) is 0 Å². The smallest absolute Gasteiger partial charge is 0.337 e. The highest BCUT2D eigenvalue weighted by Gasteiger charge is 2.34. The Labute approximate surface area is 180 Å². The Hall–Kier alpha value is -3.74. The van der Waals surface area contributed by atoms with Gasteiger partial charge in [0.1, 0.15) is 0 Å². The second-order valence-corrected chi connectivity index (χ2v) is 7.34. The van der Waals surface area contributed by atoms with E-state index in [1.165, 1.54) is 14.0 Å². The van der Waals surface area contributed by atoms with E-state index in [0.29, 0.717) is 35.3 Å². The summed E-state index contributed by atoms with van der Waals surface area (Å²) < 4.78 is 4.66. The van der Waals surface area contributed by atoms with Crippen LogP contribution >= 0.6 is 0 Å². The number of methoxy groups -OCH3 is 1. The molecule has 2 unspecified atom stereocenters. The lowest BCUT2D eigenvalue weighted by Gasteiger charge is -2.26. The van der Waals surface area contributed by atoms with Gasteiger partial charge in [-0.3, -0.25) is 14.4 Å². The fourth-order valence-electron chi connectivity index (χ4n) is 3.46. The van der Waals surface area contributed by atoms with Crippen LogP contribution in [0.3, 0.4) is 0 Å². The third kappa shape index (κ3) is 5.45. The van der Waals surface area contributed by atoms with E-state index < -0.39 is 17.8 Å². The van der Waals surface area contributed by atoms with Crippen molar-refractivity contribution >= 4 is 34.9 Å². The van der Waals surface area contributed by atoms with Crippen molar-refractivity contribution in [3.8, 4) is 0 Å². The number of hydrogen-bond donors (Lipinski definition) is 2. The molecule has 2 aromatic carbocycles. The minimum absolute atomic E-state index is 0.0494. The molecule has 2 N–H and O–H groups in total. The zero-order valence-corrected chi connectivity index (χ0v) is 17.4.